The van der Waals surface area contributed by atoms with Gasteiger partial charge >= 0.3 is 0 Å². The second-order valence-corrected chi connectivity index (χ2v) is 4.81. The van der Waals surface area contributed by atoms with Gasteiger partial charge in [-0.1, -0.05) is 0 Å². The number of benzene rings is 1. The molecule has 0 aliphatic heterocycles. The van der Waals surface area contributed by atoms with Crippen LogP contribution in [0.3, 0.4) is 0 Å². The molecule has 0 saturated carbocycles. The van der Waals surface area contributed by atoms with Gasteiger partial charge < -0.3 is 15.2 Å². The molecule has 7 nitrogen and oxygen atoms in total. The molecule has 3 N–H and O–H groups in total. The predicted octanol–water partition coefficient (Wildman–Crippen LogP) is 1.50. The number of carbonyl (C=O) groups is 1. The Balaban J connectivity index is 2.43. The zero-order chi connectivity index (χ0) is 15.4. The number of H-pyrrole nitrogens is 1. The highest BCUT2D eigenvalue weighted by Crippen LogP contribution is 2.28. The molecule has 0 fully saturated rings. The molecule has 2 rings (SSSR count). The molecule has 0 aliphatic rings. The molecule has 1 amide bonds. The standard InChI is InChI=1S/C14H18N4O3/c1-8(2)21-11-5-4-9(6-10(11)7-20-3)12-13(14(15)19)17-18-16-12/h4-6,8H,7H2,1-3H3,(H2,15,19)(H,16,17,18). The number of nitrogens with two attached hydrogens (primary N) is 1. The molecule has 0 aliphatic carbocycles. The first kappa shape index (κ1) is 15.0. The summed E-state index contributed by atoms with van der Waals surface area (Å²) in [7, 11) is 1.61. The Bertz CT molecular complexity index is 637. The molecule has 0 saturated heterocycles. The largest absolute Gasteiger partial charge is 0.491 e. The number of hydrogen-bond donors (Lipinski definition) is 2. The van der Waals surface area contributed by atoms with E-state index in [1.54, 1.807) is 13.2 Å². The number of hydrogen-bond acceptors (Lipinski definition) is 5. The van der Waals surface area contributed by atoms with Gasteiger partial charge in [-0.3, -0.25) is 4.79 Å². The quantitative estimate of drug-likeness (QED) is 0.839. The van der Waals surface area contributed by atoms with Crippen LogP contribution < -0.4 is 10.5 Å². The Hall–Kier alpha value is -2.41. The van der Waals surface area contributed by atoms with Gasteiger partial charge in [0, 0.05) is 18.2 Å². The van der Waals surface area contributed by atoms with Crippen LogP contribution in [0.1, 0.15) is 29.9 Å². The van der Waals surface area contributed by atoms with Crippen molar-refractivity contribution >= 4 is 5.91 Å². The van der Waals surface area contributed by atoms with Crippen molar-refractivity contribution < 1.29 is 14.3 Å². The topological polar surface area (TPSA) is 103 Å². The van der Waals surface area contributed by atoms with Gasteiger partial charge in [0.25, 0.3) is 5.91 Å². The van der Waals surface area contributed by atoms with Crippen LogP contribution in [-0.2, 0) is 11.3 Å². The van der Waals surface area contributed by atoms with Crippen LogP contribution in [0.25, 0.3) is 11.3 Å². The average Bonchev–Trinajstić information content (AvgIpc) is 2.90. The molecule has 0 radical (unpaired) electrons. The van der Waals surface area contributed by atoms with E-state index >= 15 is 0 Å². The Labute approximate surface area is 122 Å². The number of ether oxygens (including phenoxy) is 2. The van der Waals surface area contributed by atoms with E-state index in [-0.39, 0.29) is 11.8 Å². The summed E-state index contributed by atoms with van der Waals surface area (Å²) in [5.41, 5.74) is 7.38. The number of nitrogens with zero attached hydrogens (tertiary/aromatic N) is 2. The van der Waals surface area contributed by atoms with E-state index in [9.17, 15) is 4.79 Å². The van der Waals surface area contributed by atoms with E-state index in [2.05, 4.69) is 15.4 Å². The van der Waals surface area contributed by atoms with Crippen LogP contribution in [0.2, 0.25) is 0 Å². The Morgan fingerprint density at radius 1 is 1.38 bits per heavy atom. The van der Waals surface area contributed by atoms with Gasteiger partial charge in [-0.15, -0.1) is 0 Å². The summed E-state index contributed by atoms with van der Waals surface area (Å²) in [5.74, 6) is 0.106. The number of aromatic nitrogens is 3. The van der Waals surface area contributed by atoms with Crippen LogP contribution in [0.15, 0.2) is 18.2 Å². The smallest absolute Gasteiger partial charge is 0.271 e. The fourth-order valence-corrected chi connectivity index (χ4v) is 1.97. The Morgan fingerprint density at radius 2 is 2.14 bits per heavy atom. The number of methoxy groups -OCH3 is 1. The highest BCUT2D eigenvalue weighted by molar-refractivity contribution is 5.96. The third-order valence-electron chi connectivity index (χ3n) is 2.78. The van der Waals surface area contributed by atoms with Crippen molar-refractivity contribution in [3.8, 4) is 17.0 Å². The van der Waals surface area contributed by atoms with Crippen molar-refractivity contribution in [2.24, 2.45) is 5.73 Å². The van der Waals surface area contributed by atoms with Crippen LogP contribution in [-0.4, -0.2) is 34.5 Å². The summed E-state index contributed by atoms with van der Waals surface area (Å²) in [5, 5.41) is 10.2. The molecule has 0 unspecified atom stereocenters. The molecule has 0 atom stereocenters. The van der Waals surface area contributed by atoms with Gasteiger partial charge in [0.05, 0.1) is 12.7 Å². The zero-order valence-corrected chi connectivity index (χ0v) is 12.2. The molecular formula is C14H18N4O3. The lowest BCUT2D eigenvalue weighted by molar-refractivity contribution is 0.0996. The molecule has 21 heavy (non-hydrogen) atoms. The first-order chi connectivity index (χ1) is 10.0. The Morgan fingerprint density at radius 3 is 2.76 bits per heavy atom. The normalized spacial score (nSPS) is 10.9. The first-order valence-corrected chi connectivity index (χ1v) is 6.52. The maximum Gasteiger partial charge on any atom is 0.271 e. The van der Waals surface area contributed by atoms with E-state index in [1.165, 1.54) is 0 Å². The molecule has 0 bridgehead atoms. The summed E-state index contributed by atoms with van der Waals surface area (Å²) in [4.78, 5) is 11.3. The fourth-order valence-electron chi connectivity index (χ4n) is 1.97. The highest BCUT2D eigenvalue weighted by Gasteiger charge is 2.17. The molecule has 1 aromatic heterocycles. The van der Waals surface area contributed by atoms with Gasteiger partial charge in [-0.05, 0) is 32.0 Å². The van der Waals surface area contributed by atoms with Gasteiger partial charge in [0.2, 0.25) is 0 Å². The van der Waals surface area contributed by atoms with E-state index in [1.807, 2.05) is 26.0 Å². The summed E-state index contributed by atoms with van der Waals surface area (Å²) >= 11 is 0. The summed E-state index contributed by atoms with van der Waals surface area (Å²) in [6.07, 6.45) is 0.0553. The van der Waals surface area contributed by atoms with Crippen LogP contribution in [0.4, 0.5) is 0 Å². The van der Waals surface area contributed by atoms with Gasteiger partial charge in [-0.25, -0.2) is 0 Å². The lowest BCUT2D eigenvalue weighted by atomic mass is 10.1. The van der Waals surface area contributed by atoms with Crippen molar-refractivity contribution in [3.63, 3.8) is 0 Å². The van der Waals surface area contributed by atoms with Crippen molar-refractivity contribution in [2.45, 2.75) is 26.6 Å². The van der Waals surface area contributed by atoms with Crippen molar-refractivity contribution in [2.75, 3.05) is 7.11 Å². The van der Waals surface area contributed by atoms with E-state index < -0.39 is 5.91 Å². The van der Waals surface area contributed by atoms with Gasteiger partial charge in [0.15, 0.2) is 5.69 Å². The average molecular weight is 290 g/mol. The predicted molar refractivity (Wildman–Crippen MR) is 76.8 cm³/mol. The summed E-state index contributed by atoms with van der Waals surface area (Å²) in [6.45, 7) is 4.29. The zero-order valence-electron chi connectivity index (χ0n) is 12.2. The van der Waals surface area contributed by atoms with Crippen LogP contribution >= 0.6 is 0 Å². The maximum atomic E-state index is 11.3. The number of nitrogens with one attached hydrogen (secondary N) is 1. The minimum Gasteiger partial charge on any atom is -0.491 e. The second-order valence-electron chi connectivity index (χ2n) is 4.81. The minimum absolute atomic E-state index is 0.0553. The third kappa shape index (κ3) is 3.38. The van der Waals surface area contributed by atoms with Gasteiger partial charge in [-0.2, -0.15) is 15.4 Å². The van der Waals surface area contributed by atoms with Gasteiger partial charge in [0.1, 0.15) is 11.4 Å². The lowest BCUT2D eigenvalue weighted by Gasteiger charge is -2.15. The Kier molecular flexibility index (Phi) is 4.54. The first-order valence-electron chi connectivity index (χ1n) is 6.52. The van der Waals surface area contributed by atoms with Crippen LogP contribution in [0.5, 0.6) is 5.75 Å². The number of carbonyl (C=O) groups excluding carboxylic acids is 1. The van der Waals surface area contributed by atoms with Crippen molar-refractivity contribution in [1.82, 2.24) is 15.4 Å². The molecule has 7 heteroatoms. The SMILES string of the molecule is COCc1cc(-c2n[nH]nc2C(N)=O)ccc1OC(C)C. The molecule has 0 spiro atoms. The van der Waals surface area contributed by atoms with Crippen molar-refractivity contribution in [3.05, 3.63) is 29.5 Å². The fraction of sp³-hybridized carbons (Fsp3) is 0.357. The third-order valence-corrected chi connectivity index (χ3v) is 2.78. The second kappa shape index (κ2) is 6.36. The van der Waals surface area contributed by atoms with E-state index in [0.29, 0.717) is 12.3 Å². The molecular weight excluding hydrogens is 272 g/mol. The number of rotatable bonds is 6. The number of aromatic amines is 1. The molecule has 2 aromatic rings. The lowest BCUT2D eigenvalue weighted by Crippen LogP contribution is -2.13. The molecule has 1 heterocycles. The molecule has 1 aromatic carbocycles. The van der Waals surface area contributed by atoms with E-state index in [0.717, 1.165) is 16.9 Å². The summed E-state index contributed by atoms with van der Waals surface area (Å²) < 4.78 is 10.9. The van der Waals surface area contributed by atoms with Crippen LogP contribution in [0, 0.1) is 0 Å². The summed E-state index contributed by atoms with van der Waals surface area (Å²) in [6, 6.07) is 5.48. The van der Waals surface area contributed by atoms with E-state index in [4.69, 9.17) is 15.2 Å². The molecule has 112 valence electrons. The number of primary amides is 1. The number of amides is 1. The monoisotopic (exact) mass is 290 g/mol. The minimum atomic E-state index is -0.630. The maximum absolute atomic E-state index is 11.3. The van der Waals surface area contributed by atoms with Crippen molar-refractivity contribution in [1.29, 1.82) is 0 Å². The highest BCUT2D eigenvalue weighted by atomic mass is 16.5.